The smallest absolute Gasteiger partial charge is 0.226 e. The van der Waals surface area contributed by atoms with Crippen LogP contribution in [-0.4, -0.2) is 46.3 Å². The summed E-state index contributed by atoms with van der Waals surface area (Å²) in [5.74, 6) is 1.62. The van der Waals surface area contributed by atoms with E-state index < -0.39 is 12.2 Å². The van der Waals surface area contributed by atoms with Crippen molar-refractivity contribution in [2.45, 2.75) is 31.5 Å². The fourth-order valence-electron chi connectivity index (χ4n) is 3.35. The predicted molar refractivity (Wildman–Crippen MR) is 52.9 cm³/mol. The number of aliphatic hydroxyl groups excluding tert-OH is 2. The van der Waals surface area contributed by atoms with Crippen LogP contribution in [0.4, 0.5) is 0 Å². The van der Waals surface area contributed by atoms with Crippen LogP contribution >= 0.6 is 0 Å². The van der Waals surface area contributed by atoms with E-state index in [1.807, 2.05) is 0 Å². The van der Waals surface area contributed by atoms with Gasteiger partial charge in [0, 0.05) is 19.0 Å². The first-order chi connectivity index (χ1) is 7.18. The molecule has 4 heteroatoms. The van der Waals surface area contributed by atoms with Crippen molar-refractivity contribution in [3.05, 3.63) is 0 Å². The first-order valence-corrected chi connectivity index (χ1v) is 5.83. The Morgan fingerprint density at radius 1 is 1.07 bits per heavy atom. The maximum absolute atomic E-state index is 12.0. The lowest BCUT2D eigenvalue weighted by atomic mass is 10.1. The Kier molecular flexibility index (Phi) is 2.04. The van der Waals surface area contributed by atoms with E-state index in [2.05, 4.69) is 0 Å². The molecule has 1 heterocycles. The average molecular weight is 211 g/mol. The number of amides is 1. The highest BCUT2D eigenvalue weighted by Gasteiger charge is 2.58. The minimum absolute atomic E-state index is 0.167. The van der Waals surface area contributed by atoms with Crippen LogP contribution in [0.15, 0.2) is 0 Å². The largest absolute Gasteiger partial charge is 0.388 e. The second kappa shape index (κ2) is 3.19. The van der Waals surface area contributed by atoms with Gasteiger partial charge in [0.25, 0.3) is 0 Å². The molecule has 1 aliphatic heterocycles. The van der Waals surface area contributed by atoms with Crippen molar-refractivity contribution >= 4 is 5.91 Å². The number of fused-ring (bicyclic) bond motifs is 1. The highest BCUT2D eigenvalue weighted by atomic mass is 16.3. The number of nitrogens with zero attached hydrogens (tertiary/aromatic N) is 1. The lowest BCUT2D eigenvalue weighted by Gasteiger charge is -2.16. The summed E-state index contributed by atoms with van der Waals surface area (Å²) in [5, 5.41) is 18.8. The average Bonchev–Trinajstić information content (AvgIpc) is 2.59. The molecule has 15 heavy (non-hydrogen) atoms. The zero-order valence-electron chi connectivity index (χ0n) is 8.67. The molecule has 2 aliphatic carbocycles. The topological polar surface area (TPSA) is 60.8 Å². The molecule has 0 radical (unpaired) electrons. The first-order valence-electron chi connectivity index (χ1n) is 5.83. The predicted octanol–water partition coefficient (Wildman–Crippen LogP) is -0.404. The Bertz CT molecular complexity index is 274. The molecule has 4 unspecified atom stereocenters. The van der Waals surface area contributed by atoms with Gasteiger partial charge in [-0.05, 0) is 24.7 Å². The summed E-state index contributed by atoms with van der Waals surface area (Å²) in [6.07, 6.45) is 2.17. The van der Waals surface area contributed by atoms with Gasteiger partial charge in [-0.15, -0.1) is 0 Å². The van der Waals surface area contributed by atoms with E-state index in [9.17, 15) is 15.0 Å². The van der Waals surface area contributed by atoms with E-state index in [1.54, 1.807) is 4.90 Å². The molecule has 0 aromatic rings. The van der Waals surface area contributed by atoms with Crippen LogP contribution in [0, 0.1) is 17.8 Å². The maximum atomic E-state index is 12.0. The van der Waals surface area contributed by atoms with Crippen molar-refractivity contribution in [3.63, 3.8) is 0 Å². The zero-order chi connectivity index (χ0) is 10.6. The molecule has 0 aromatic heterocycles. The van der Waals surface area contributed by atoms with Crippen molar-refractivity contribution in [2.75, 3.05) is 13.1 Å². The molecule has 2 N–H and O–H groups in total. The summed E-state index contributed by atoms with van der Waals surface area (Å²) < 4.78 is 0. The maximum Gasteiger partial charge on any atom is 0.226 e. The van der Waals surface area contributed by atoms with Crippen LogP contribution in [-0.2, 0) is 4.79 Å². The summed E-state index contributed by atoms with van der Waals surface area (Å²) in [4.78, 5) is 13.7. The van der Waals surface area contributed by atoms with E-state index in [0.717, 1.165) is 0 Å². The van der Waals surface area contributed by atoms with Crippen LogP contribution in [0.2, 0.25) is 0 Å². The Labute approximate surface area is 88.9 Å². The lowest BCUT2D eigenvalue weighted by Crippen LogP contribution is -2.32. The summed E-state index contributed by atoms with van der Waals surface area (Å²) in [7, 11) is 0. The molecule has 0 aromatic carbocycles. The Hall–Kier alpha value is -0.610. The summed E-state index contributed by atoms with van der Waals surface area (Å²) in [6, 6.07) is 0. The highest BCUT2D eigenvalue weighted by Crippen LogP contribution is 2.58. The second-order valence-corrected chi connectivity index (χ2v) is 5.16. The molecular weight excluding hydrogens is 194 g/mol. The second-order valence-electron chi connectivity index (χ2n) is 5.16. The van der Waals surface area contributed by atoms with Gasteiger partial charge in [-0.3, -0.25) is 4.79 Å². The molecule has 84 valence electrons. The van der Waals surface area contributed by atoms with Crippen molar-refractivity contribution in [1.82, 2.24) is 4.90 Å². The molecule has 2 saturated carbocycles. The number of hydrogen-bond donors (Lipinski definition) is 2. The van der Waals surface area contributed by atoms with E-state index in [1.165, 1.54) is 19.3 Å². The van der Waals surface area contributed by atoms with Crippen molar-refractivity contribution < 1.29 is 15.0 Å². The number of likely N-dealkylation sites (tertiary alicyclic amines) is 1. The van der Waals surface area contributed by atoms with Crippen molar-refractivity contribution in [2.24, 2.45) is 17.8 Å². The molecule has 1 saturated heterocycles. The molecule has 3 aliphatic rings. The van der Waals surface area contributed by atoms with Crippen molar-refractivity contribution in [3.8, 4) is 0 Å². The zero-order valence-corrected chi connectivity index (χ0v) is 8.67. The molecule has 0 spiro atoms. The Morgan fingerprint density at radius 2 is 1.60 bits per heavy atom. The number of rotatable bonds is 1. The fraction of sp³-hybridized carbons (Fsp3) is 0.909. The Balaban J connectivity index is 1.62. The molecular formula is C11H17NO3. The van der Waals surface area contributed by atoms with Crippen LogP contribution in [0.25, 0.3) is 0 Å². The molecule has 4 atom stereocenters. The third kappa shape index (κ3) is 1.39. The number of hydrogen-bond acceptors (Lipinski definition) is 3. The van der Waals surface area contributed by atoms with Crippen LogP contribution in [0.3, 0.4) is 0 Å². The van der Waals surface area contributed by atoms with Gasteiger partial charge in [-0.25, -0.2) is 0 Å². The fourth-order valence-corrected chi connectivity index (χ4v) is 3.35. The van der Waals surface area contributed by atoms with Gasteiger partial charge in [0.1, 0.15) is 0 Å². The van der Waals surface area contributed by atoms with Crippen LogP contribution in [0.1, 0.15) is 19.3 Å². The normalized spacial score (nSPS) is 48.1. The molecule has 0 bridgehead atoms. The van der Waals surface area contributed by atoms with Gasteiger partial charge in [-0.1, -0.05) is 6.42 Å². The monoisotopic (exact) mass is 211 g/mol. The van der Waals surface area contributed by atoms with E-state index in [0.29, 0.717) is 24.9 Å². The standard InChI is InChI=1S/C11H17NO3/c13-8-4-12(5-9(8)14)11(15)10-6-2-1-3-7(6)10/h6-10,13-14H,1-5H2. The molecule has 4 nitrogen and oxygen atoms in total. The molecule has 1 amide bonds. The van der Waals surface area contributed by atoms with Gasteiger partial charge >= 0.3 is 0 Å². The van der Waals surface area contributed by atoms with Crippen LogP contribution < -0.4 is 0 Å². The summed E-state index contributed by atoms with van der Waals surface area (Å²) >= 11 is 0. The highest BCUT2D eigenvalue weighted by molar-refractivity contribution is 5.83. The number of carbonyl (C=O) groups is 1. The van der Waals surface area contributed by atoms with E-state index in [-0.39, 0.29) is 11.8 Å². The minimum atomic E-state index is -0.743. The number of carbonyl (C=O) groups excluding carboxylic acids is 1. The van der Waals surface area contributed by atoms with E-state index in [4.69, 9.17) is 0 Å². The first kappa shape index (κ1) is 9.60. The molecule has 3 rings (SSSR count). The summed E-state index contributed by atoms with van der Waals surface area (Å²) in [5.41, 5.74) is 0. The third-order valence-corrected chi connectivity index (χ3v) is 4.26. The summed E-state index contributed by atoms with van der Waals surface area (Å²) in [6.45, 7) is 0.631. The quantitative estimate of drug-likeness (QED) is 0.620. The van der Waals surface area contributed by atoms with Gasteiger partial charge in [-0.2, -0.15) is 0 Å². The number of aliphatic hydroxyl groups is 2. The van der Waals surface area contributed by atoms with Crippen molar-refractivity contribution in [1.29, 1.82) is 0 Å². The Morgan fingerprint density at radius 3 is 2.13 bits per heavy atom. The third-order valence-electron chi connectivity index (χ3n) is 4.26. The van der Waals surface area contributed by atoms with Gasteiger partial charge in [0.15, 0.2) is 0 Å². The molecule has 3 fully saturated rings. The SMILES string of the molecule is O=C(C1C2CCCC21)N1CC(O)C(O)C1. The lowest BCUT2D eigenvalue weighted by molar-refractivity contribution is -0.132. The van der Waals surface area contributed by atoms with Gasteiger partial charge < -0.3 is 15.1 Å². The van der Waals surface area contributed by atoms with Gasteiger partial charge in [0.2, 0.25) is 5.91 Å². The number of β-amino-alcohol motifs (C(OH)–C–C–N with tert-alkyl or cyclic N) is 2. The van der Waals surface area contributed by atoms with Crippen LogP contribution in [0.5, 0.6) is 0 Å². The minimum Gasteiger partial charge on any atom is -0.388 e. The van der Waals surface area contributed by atoms with Gasteiger partial charge in [0.05, 0.1) is 12.2 Å². The van der Waals surface area contributed by atoms with E-state index >= 15 is 0 Å².